The Labute approximate surface area is 121 Å². The van der Waals surface area contributed by atoms with E-state index in [9.17, 15) is 9.90 Å². The van der Waals surface area contributed by atoms with Crippen molar-refractivity contribution in [2.45, 2.75) is 63.5 Å². The normalized spacial score (nSPS) is 25.4. The highest BCUT2D eigenvalue weighted by Gasteiger charge is 2.25. The van der Waals surface area contributed by atoms with E-state index in [2.05, 4.69) is 10.6 Å². The van der Waals surface area contributed by atoms with Gasteiger partial charge < -0.3 is 20.5 Å². The minimum absolute atomic E-state index is 0.102. The largest absolute Gasteiger partial charge is 0.396 e. The zero-order valence-electron chi connectivity index (χ0n) is 12.3. The molecule has 2 aliphatic rings. The van der Waals surface area contributed by atoms with Crippen molar-refractivity contribution in [1.82, 2.24) is 10.6 Å². The smallest absolute Gasteiger partial charge is 0.315 e. The topological polar surface area (TPSA) is 70.6 Å². The van der Waals surface area contributed by atoms with Crippen LogP contribution in [0.3, 0.4) is 0 Å². The van der Waals surface area contributed by atoms with Gasteiger partial charge in [0, 0.05) is 25.8 Å². The van der Waals surface area contributed by atoms with Gasteiger partial charge in [0.05, 0.1) is 6.10 Å². The number of aliphatic hydroxyl groups excluding tert-OH is 1. The predicted octanol–water partition coefficient (Wildman–Crippen LogP) is 1.80. The first-order chi connectivity index (χ1) is 9.79. The maximum Gasteiger partial charge on any atom is 0.315 e. The third-order valence-electron chi connectivity index (χ3n) is 4.49. The number of carbonyl (C=O) groups excluding carboxylic acids is 1. The van der Waals surface area contributed by atoms with E-state index in [4.69, 9.17) is 4.74 Å². The number of ether oxygens (including phenoxy) is 1. The van der Waals surface area contributed by atoms with Gasteiger partial charge in [-0.2, -0.15) is 0 Å². The molecular formula is C15H28N2O3. The summed E-state index contributed by atoms with van der Waals surface area (Å²) in [6, 6.07) is -0.0191. The van der Waals surface area contributed by atoms with E-state index in [1.165, 1.54) is 19.3 Å². The van der Waals surface area contributed by atoms with Gasteiger partial charge in [-0.1, -0.05) is 19.3 Å². The van der Waals surface area contributed by atoms with Gasteiger partial charge in [0.2, 0.25) is 0 Å². The SMILES string of the molecule is O=C(NCC1CCCO1)NC(CCO)C1CCCCC1. The van der Waals surface area contributed by atoms with Crippen LogP contribution >= 0.6 is 0 Å². The Hall–Kier alpha value is -0.810. The van der Waals surface area contributed by atoms with E-state index in [0.717, 1.165) is 32.3 Å². The van der Waals surface area contributed by atoms with Crippen molar-refractivity contribution in [2.75, 3.05) is 19.8 Å². The summed E-state index contributed by atoms with van der Waals surface area (Å²) < 4.78 is 5.49. The lowest BCUT2D eigenvalue weighted by molar-refractivity contribution is 0.110. The minimum Gasteiger partial charge on any atom is -0.396 e. The van der Waals surface area contributed by atoms with E-state index in [1.807, 2.05) is 0 Å². The molecule has 0 bridgehead atoms. The fourth-order valence-electron chi connectivity index (χ4n) is 3.33. The molecule has 1 aliphatic heterocycles. The fourth-order valence-corrected chi connectivity index (χ4v) is 3.33. The van der Waals surface area contributed by atoms with Crippen molar-refractivity contribution < 1.29 is 14.6 Å². The highest BCUT2D eigenvalue weighted by atomic mass is 16.5. The molecule has 0 radical (unpaired) electrons. The fraction of sp³-hybridized carbons (Fsp3) is 0.933. The van der Waals surface area contributed by atoms with Gasteiger partial charge in [-0.3, -0.25) is 0 Å². The number of hydrogen-bond donors (Lipinski definition) is 3. The summed E-state index contributed by atoms with van der Waals surface area (Å²) in [5.74, 6) is 0.518. The molecule has 0 aromatic rings. The lowest BCUT2D eigenvalue weighted by Crippen LogP contribution is -2.48. The molecule has 0 aromatic carbocycles. The van der Waals surface area contributed by atoms with Crippen molar-refractivity contribution in [3.8, 4) is 0 Å². The number of urea groups is 1. The van der Waals surface area contributed by atoms with Crippen LogP contribution in [0.5, 0.6) is 0 Å². The van der Waals surface area contributed by atoms with E-state index < -0.39 is 0 Å². The van der Waals surface area contributed by atoms with Crippen LogP contribution < -0.4 is 10.6 Å². The summed E-state index contributed by atoms with van der Waals surface area (Å²) in [7, 11) is 0. The molecule has 2 amide bonds. The Morgan fingerprint density at radius 3 is 2.65 bits per heavy atom. The lowest BCUT2D eigenvalue weighted by atomic mass is 9.83. The van der Waals surface area contributed by atoms with Crippen LogP contribution in [0.25, 0.3) is 0 Å². The molecule has 116 valence electrons. The highest BCUT2D eigenvalue weighted by molar-refractivity contribution is 5.74. The second kappa shape index (κ2) is 8.47. The Balaban J connectivity index is 1.72. The van der Waals surface area contributed by atoms with Crippen LogP contribution in [0.2, 0.25) is 0 Å². The van der Waals surface area contributed by atoms with Gasteiger partial charge >= 0.3 is 6.03 Å². The maximum atomic E-state index is 12.0. The molecular weight excluding hydrogens is 256 g/mol. The Kier molecular flexibility index (Phi) is 6.60. The summed E-state index contributed by atoms with van der Waals surface area (Å²) in [5, 5.41) is 15.1. The summed E-state index contributed by atoms with van der Waals surface area (Å²) in [5.41, 5.74) is 0. The van der Waals surface area contributed by atoms with Crippen LogP contribution in [-0.4, -0.2) is 43.0 Å². The highest BCUT2D eigenvalue weighted by Crippen LogP contribution is 2.27. The Morgan fingerprint density at radius 1 is 1.20 bits per heavy atom. The molecule has 1 heterocycles. The van der Waals surface area contributed by atoms with Crippen molar-refractivity contribution in [3.63, 3.8) is 0 Å². The van der Waals surface area contributed by atoms with Gasteiger partial charge in [0.1, 0.15) is 0 Å². The van der Waals surface area contributed by atoms with E-state index >= 15 is 0 Å². The van der Waals surface area contributed by atoms with Crippen LogP contribution in [0.1, 0.15) is 51.4 Å². The number of nitrogens with one attached hydrogen (secondary N) is 2. The molecule has 0 aromatic heterocycles. The van der Waals surface area contributed by atoms with Crippen molar-refractivity contribution in [2.24, 2.45) is 5.92 Å². The molecule has 1 saturated carbocycles. The van der Waals surface area contributed by atoms with Crippen LogP contribution in [0.4, 0.5) is 4.79 Å². The summed E-state index contributed by atoms with van der Waals surface area (Å²) in [6.07, 6.45) is 9.05. The number of amides is 2. The average Bonchev–Trinajstić information content (AvgIpc) is 2.99. The van der Waals surface area contributed by atoms with E-state index in [0.29, 0.717) is 18.9 Å². The number of aliphatic hydroxyl groups is 1. The monoisotopic (exact) mass is 284 g/mol. The predicted molar refractivity (Wildman–Crippen MR) is 77.6 cm³/mol. The molecule has 1 aliphatic carbocycles. The molecule has 5 nitrogen and oxygen atoms in total. The van der Waals surface area contributed by atoms with Gasteiger partial charge in [-0.25, -0.2) is 4.79 Å². The van der Waals surface area contributed by atoms with E-state index in [1.54, 1.807) is 0 Å². The first-order valence-electron chi connectivity index (χ1n) is 8.06. The van der Waals surface area contributed by atoms with Crippen molar-refractivity contribution in [1.29, 1.82) is 0 Å². The second-order valence-corrected chi connectivity index (χ2v) is 6.01. The van der Waals surface area contributed by atoms with Crippen LogP contribution in [-0.2, 0) is 4.74 Å². The number of carbonyl (C=O) groups is 1. The lowest BCUT2D eigenvalue weighted by Gasteiger charge is -2.30. The Bertz CT molecular complexity index is 287. The van der Waals surface area contributed by atoms with E-state index in [-0.39, 0.29) is 24.8 Å². The molecule has 2 fully saturated rings. The zero-order valence-corrected chi connectivity index (χ0v) is 12.3. The Morgan fingerprint density at radius 2 is 2.00 bits per heavy atom. The average molecular weight is 284 g/mol. The first kappa shape index (κ1) is 15.6. The first-order valence-corrected chi connectivity index (χ1v) is 8.06. The van der Waals surface area contributed by atoms with Crippen LogP contribution in [0, 0.1) is 5.92 Å². The third kappa shape index (κ3) is 4.94. The third-order valence-corrected chi connectivity index (χ3v) is 4.49. The van der Waals surface area contributed by atoms with Crippen molar-refractivity contribution in [3.05, 3.63) is 0 Å². The summed E-state index contributed by atoms with van der Waals surface area (Å²) >= 11 is 0. The molecule has 2 unspecified atom stereocenters. The van der Waals surface area contributed by atoms with Gasteiger partial charge in [-0.15, -0.1) is 0 Å². The molecule has 20 heavy (non-hydrogen) atoms. The van der Waals surface area contributed by atoms with Gasteiger partial charge in [0.15, 0.2) is 0 Å². The molecule has 1 saturated heterocycles. The van der Waals surface area contributed by atoms with Crippen LogP contribution in [0.15, 0.2) is 0 Å². The molecule has 2 atom stereocenters. The quantitative estimate of drug-likeness (QED) is 0.696. The van der Waals surface area contributed by atoms with Crippen molar-refractivity contribution >= 4 is 6.03 Å². The molecule has 5 heteroatoms. The molecule has 0 spiro atoms. The van der Waals surface area contributed by atoms with Gasteiger partial charge in [-0.05, 0) is 38.0 Å². The maximum absolute atomic E-state index is 12.0. The van der Waals surface area contributed by atoms with Gasteiger partial charge in [0.25, 0.3) is 0 Å². The number of rotatable bonds is 6. The molecule has 2 rings (SSSR count). The zero-order chi connectivity index (χ0) is 14.2. The standard InChI is InChI=1S/C15H28N2O3/c18-9-8-14(12-5-2-1-3-6-12)17-15(19)16-11-13-7-4-10-20-13/h12-14,18H,1-11H2,(H2,16,17,19). The minimum atomic E-state index is -0.121. The second-order valence-electron chi connectivity index (χ2n) is 6.01. The molecule has 3 N–H and O–H groups in total. The summed E-state index contributed by atoms with van der Waals surface area (Å²) in [6.45, 7) is 1.53. The number of hydrogen-bond acceptors (Lipinski definition) is 3. The summed E-state index contributed by atoms with van der Waals surface area (Å²) in [4.78, 5) is 12.0.